The Bertz CT molecular complexity index is 1470. The summed E-state index contributed by atoms with van der Waals surface area (Å²) >= 11 is 0. The first kappa shape index (κ1) is 30.1. The second-order valence-electron chi connectivity index (χ2n) is 12.1. The number of hydrogen-bond donors (Lipinski definition) is 1. The molecule has 6 rings (SSSR count). The number of aliphatic hydroxyl groups excluding tert-OH is 1. The fraction of sp³-hybridized carbons (Fsp3) is 0.457. The minimum Gasteiger partial charge on any atom is -0.394 e. The Balaban J connectivity index is 1.45. The van der Waals surface area contributed by atoms with Crippen molar-refractivity contribution in [2.24, 2.45) is 11.8 Å². The van der Waals surface area contributed by atoms with E-state index in [9.17, 15) is 19.5 Å². The predicted octanol–water partition coefficient (Wildman–Crippen LogP) is 3.78. The molecule has 1 N–H and O–H groups in total. The SMILES string of the molecule is CCN(CC)c1ccc(N2CC=C[C@]34O[C@]5(CC)C=CCN(c6ccccc6)C(=O)[C@@H]5[C@H]3C(=O)N([C@H](C)CO)C4C2=O)cc1. The fourth-order valence-electron chi connectivity index (χ4n) is 7.77. The summed E-state index contributed by atoms with van der Waals surface area (Å²) in [4.78, 5) is 50.9. The van der Waals surface area contributed by atoms with Crippen molar-refractivity contribution in [3.05, 3.63) is 78.9 Å². The molecular weight excluding hydrogens is 556 g/mol. The van der Waals surface area contributed by atoms with Crippen LogP contribution in [0.2, 0.25) is 0 Å². The van der Waals surface area contributed by atoms with Gasteiger partial charge in [0.05, 0.1) is 30.1 Å². The van der Waals surface area contributed by atoms with Crippen LogP contribution in [0.1, 0.15) is 34.1 Å². The molecule has 232 valence electrons. The lowest BCUT2D eigenvalue weighted by atomic mass is 9.73. The molecule has 0 bridgehead atoms. The highest BCUT2D eigenvalue weighted by molar-refractivity contribution is 6.07. The first-order valence-electron chi connectivity index (χ1n) is 15.8. The highest BCUT2D eigenvalue weighted by atomic mass is 16.5. The summed E-state index contributed by atoms with van der Waals surface area (Å²) in [6, 6.07) is 15.6. The highest BCUT2D eigenvalue weighted by Crippen LogP contribution is 2.59. The maximum Gasteiger partial charge on any atom is 0.253 e. The van der Waals surface area contributed by atoms with Crippen LogP contribution in [0.4, 0.5) is 17.1 Å². The van der Waals surface area contributed by atoms with Crippen molar-refractivity contribution in [2.75, 3.05) is 47.5 Å². The monoisotopic (exact) mass is 598 g/mol. The lowest BCUT2D eigenvalue weighted by Crippen LogP contribution is -2.58. The summed E-state index contributed by atoms with van der Waals surface area (Å²) in [5.41, 5.74) is 0.0672. The number of nitrogens with zero attached hydrogens (tertiary/aromatic N) is 4. The Morgan fingerprint density at radius 3 is 2.07 bits per heavy atom. The number of amides is 3. The first-order valence-corrected chi connectivity index (χ1v) is 15.8. The lowest BCUT2D eigenvalue weighted by Gasteiger charge is -2.40. The molecule has 0 saturated carbocycles. The third-order valence-electron chi connectivity index (χ3n) is 9.97. The molecule has 2 aromatic carbocycles. The van der Waals surface area contributed by atoms with Crippen molar-refractivity contribution >= 4 is 34.8 Å². The van der Waals surface area contributed by atoms with E-state index in [-0.39, 0.29) is 30.9 Å². The van der Waals surface area contributed by atoms with Gasteiger partial charge in [0.25, 0.3) is 5.91 Å². The van der Waals surface area contributed by atoms with Gasteiger partial charge in [0.15, 0.2) is 0 Å². The average Bonchev–Trinajstić information content (AvgIpc) is 3.35. The summed E-state index contributed by atoms with van der Waals surface area (Å²) in [7, 11) is 0. The van der Waals surface area contributed by atoms with E-state index in [1.54, 1.807) is 16.7 Å². The van der Waals surface area contributed by atoms with Crippen molar-refractivity contribution < 1.29 is 24.2 Å². The van der Waals surface area contributed by atoms with Crippen LogP contribution < -0.4 is 14.7 Å². The third kappa shape index (κ3) is 4.39. The van der Waals surface area contributed by atoms with Gasteiger partial charge in [-0.15, -0.1) is 0 Å². The summed E-state index contributed by atoms with van der Waals surface area (Å²) in [5, 5.41) is 10.3. The zero-order chi connectivity index (χ0) is 31.2. The third-order valence-corrected chi connectivity index (χ3v) is 9.97. The smallest absolute Gasteiger partial charge is 0.253 e. The summed E-state index contributed by atoms with van der Waals surface area (Å²) in [6.45, 7) is 9.96. The molecule has 9 nitrogen and oxygen atoms in total. The van der Waals surface area contributed by atoms with E-state index < -0.39 is 35.1 Å². The van der Waals surface area contributed by atoms with E-state index in [0.717, 1.165) is 24.5 Å². The van der Waals surface area contributed by atoms with Gasteiger partial charge in [-0.2, -0.15) is 0 Å². The number of para-hydroxylation sites is 1. The number of ether oxygens (including phenoxy) is 1. The maximum atomic E-state index is 14.7. The van der Waals surface area contributed by atoms with Gasteiger partial charge in [0.2, 0.25) is 11.8 Å². The molecule has 4 heterocycles. The van der Waals surface area contributed by atoms with E-state index in [4.69, 9.17) is 4.74 Å². The van der Waals surface area contributed by atoms with Crippen molar-refractivity contribution in [3.8, 4) is 0 Å². The topological polar surface area (TPSA) is 93.6 Å². The van der Waals surface area contributed by atoms with Crippen molar-refractivity contribution in [3.63, 3.8) is 0 Å². The zero-order valence-corrected chi connectivity index (χ0v) is 25.9. The van der Waals surface area contributed by atoms with Gasteiger partial charge in [0, 0.05) is 43.2 Å². The Morgan fingerprint density at radius 1 is 0.841 bits per heavy atom. The molecule has 2 saturated heterocycles. The van der Waals surface area contributed by atoms with Crippen LogP contribution in [0.25, 0.3) is 0 Å². The number of benzene rings is 2. The number of carbonyl (C=O) groups is 3. The molecule has 2 aromatic rings. The molecule has 44 heavy (non-hydrogen) atoms. The lowest BCUT2D eigenvalue weighted by molar-refractivity contribution is -0.148. The number of carbonyl (C=O) groups excluding carboxylic acids is 3. The summed E-state index contributed by atoms with van der Waals surface area (Å²) in [6.07, 6.45) is 8.07. The van der Waals surface area contributed by atoms with Gasteiger partial charge >= 0.3 is 0 Å². The number of rotatable bonds is 8. The molecule has 4 aliphatic heterocycles. The van der Waals surface area contributed by atoms with E-state index in [2.05, 4.69) is 18.7 Å². The van der Waals surface area contributed by atoms with Gasteiger partial charge in [-0.1, -0.05) is 49.4 Å². The molecule has 1 unspecified atom stereocenters. The minimum atomic E-state index is -1.38. The molecular formula is C35H42N4O5. The van der Waals surface area contributed by atoms with Gasteiger partial charge in [0.1, 0.15) is 11.6 Å². The van der Waals surface area contributed by atoms with Crippen molar-refractivity contribution in [1.29, 1.82) is 0 Å². The molecule has 4 aliphatic rings. The number of likely N-dealkylation sites (tertiary alicyclic amines) is 1. The van der Waals surface area contributed by atoms with Crippen molar-refractivity contribution in [2.45, 2.75) is 57.4 Å². The van der Waals surface area contributed by atoms with Crippen molar-refractivity contribution in [1.82, 2.24) is 4.90 Å². The Labute approximate surface area is 259 Å². The van der Waals surface area contributed by atoms with Gasteiger partial charge in [-0.05, 0) is 63.6 Å². The first-order chi connectivity index (χ1) is 21.3. The molecule has 0 aromatic heterocycles. The van der Waals surface area contributed by atoms with E-state index >= 15 is 0 Å². The molecule has 3 amide bonds. The quantitative estimate of drug-likeness (QED) is 0.465. The summed E-state index contributed by atoms with van der Waals surface area (Å²) in [5.74, 6) is -2.63. The van der Waals surface area contributed by atoms with Crippen LogP contribution in [0.15, 0.2) is 78.9 Å². The molecule has 2 fully saturated rings. The fourth-order valence-corrected chi connectivity index (χ4v) is 7.77. The number of hydrogen-bond acceptors (Lipinski definition) is 6. The Morgan fingerprint density at radius 2 is 1.45 bits per heavy atom. The van der Waals surface area contributed by atoms with E-state index in [1.165, 1.54) is 4.90 Å². The second kappa shape index (κ2) is 11.5. The van der Waals surface area contributed by atoms with Crippen LogP contribution in [0.3, 0.4) is 0 Å². The van der Waals surface area contributed by atoms with E-state index in [1.807, 2.05) is 85.8 Å². The average molecular weight is 599 g/mol. The van der Waals surface area contributed by atoms with Crippen LogP contribution in [-0.2, 0) is 19.1 Å². The largest absolute Gasteiger partial charge is 0.394 e. The molecule has 0 aliphatic carbocycles. The predicted molar refractivity (Wildman–Crippen MR) is 170 cm³/mol. The van der Waals surface area contributed by atoms with Crippen LogP contribution in [0, 0.1) is 11.8 Å². The highest BCUT2D eigenvalue weighted by Gasteiger charge is 2.75. The molecule has 0 radical (unpaired) electrons. The van der Waals surface area contributed by atoms with Gasteiger partial charge < -0.3 is 29.4 Å². The Kier molecular flexibility index (Phi) is 7.88. The normalized spacial score (nSPS) is 30.2. The maximum absolute atomic E-state index is 14.7. The molecule has 9 heteroatoms. The van der Waals surface area contributed by atoms with Crippen LogP contribution in [0.5, 0.6) is 0 Å². The standard InChI is InChI=1S/C35H42N4O5/c1-5-34-19-11-21-37(26-13-9-8-10-14-26)31(41)28(34)29-32(42)39(24(4)23-40)30-33(43)38(22-12-20-35(29,30)44-34)27-17-15-25(16-18-27)36(6-2)7-3/h8-20,24,28-30,40H,5-7,21-23H2,1-4H3/t24-,28+,29+,30?,34-,35+/m1/s1. The van der Waals surface area contributed by atoms with Gasteiger partial charge in [-0.25, -0.2) is 0 Å². The zero-order valence-electron chi connectivity index (χ0n) is 25.9. The second-order valence-corrected chi connectivity index (χ2v) is 12.1. The van der Waals surface area contributed by atoms with Crippen LogP contribution in [-0.4, -0.2) is 83.8 Å². The van der Waals surface area contributed by atoms with Crippen LogP contribution >= 0.6 is 0 Å². The number of aliphatic hydroxyl groups is 1. The number of fused-ring (bicyclic) bond motifs is 2. The molecule has 6 atom stereocenters. The minimum absolute atomic E-state index is 0.204. The Hall–Kier alpha value is -3.95. The van der Waals surface area contributed by atoms with Gasteiger partial charge in [-0.3, -0.25) is 14.4 Å². The van der Waals surface area contributed by atoms with E-state index in [0.29, 0.717) is 18.7 Å². The molecule has 1 spiro atoms. The number of anilines is 3. The summed E-state index contributed by atoms with van der Waals surface area (Å²) < 4.78 is 7.04.